The summed E-state index contributed by atoms with van der Waals surface area (Å²) in [5.74, 6) is -3.48. The van der Waals surface area contributed by atoms with Gasteiger partial charge in [-0.25, -0.2) is 26.3 Å². The molecule has 0 radical (unpaired) electrons. The minimum absolute atomic E-state index is 0.212. The topological polar surface area (TPSA) is 0 Å². The molecule has 2 rings (SSSR count). The molecule has 0 aliphatic rings. The minimum atomic E-state index is -0.920. The Morgan fingerprint density at radius 3 is 1.22 bits per heavy atom. The molecule has 2 aromatic carbocycles. The third kappa shape index (κ3) is 4.54. The van der Waals surface area contributed by atoms with E-state index in [1.165, 1.54) is 0 Å². The average Bonchev–Trinajstić information content (AvgIpc) is 2.49. The van der Waals surface area contributed by atoms with E-state index in [0.29, 0.717) is 35.3 Å². The zero-order chi connectivity index (χ0) is 17.0. The summed E-state index contributed by atoms with van der Waals surface area (Å²) in [4.78, 5) is -0.962. The molecular weight excluding hydrogens is 378 g/mol. The van der Waals surface area contributed by atoms with Gasteiger partial charge in [-0.1, -0.05) is 35.3 Å². The maximum atomic E-state index is 13.9. The van der Waals surface area contributed by atoms with Crippen molar-refractivity contribution < 1.29 is 26.3 Å². The number of hydrogen-bond donors (Lipinski definition) is 0. The molecule has 0 bridgehead atoms. The first-order chi connectivity index (χ1) is 11.0. The quantitative estimate of drug-likeness (QED) is 0.415. The molecule has 0 spiro atoms. The molecule has 124 valence electrons. The molecule has 0 aliphatic heterocycles. The van der Waals surface area contributed by atoms with Gasteiger partial charge in [0.05, 0.1) is 9.79 Å². The van der Waals surface area contributed by atoms with Crippen LogP contribution in [0.4, 0.5) is 26.3 Å². The standard InChI is InChI=1S/C14H8F6S3/c15-5-21-11-1-9(19)13(3-7(11)17)23-14-4-8(18)12(22-6-16)2-10(14)20/h1-4H,5-6H2. The van der Waals surface area contributed by atoms with Crippen LogP contribution in [0.2, 0.25) is 0 Å². The fourth-order valence-corrected chi connectivity index (χ4v) is 3.51. The largest absolute Gasteiger partial charge is 0.239 e. The zero-order valence-electron chi connectivity index (χ0n) is 11.2. The summed E-state index contributed by atoms with van der Waals surface area (Å²) in [5.41, 5.74) is 0. The highest BCUT2D eigenvalue weighted by atomic mass is 32.2. The Kier molecular flexibility index (Phi) is 6.60. The molecule has 0 fully saturated rings. The third-order valence-electron chi connectivity index (χ3n) is 2.61. The fourth-order valence-electron chi connectivity index (χ4n) is 1.63. The fraction of sp³-hybridized carbons (Fsp3) is 0.143. The summed E-state index contributed by atoms with van der Waals surface area (Å²) in [6.45, 7) is 0. The second-order valence-electron chi connectivity index (χ2n) is 4.04. The lowest BCUT2D eigenvalue weighted by atomic mass is 10.3. The molecule has 0 N–H and O–H groups in total. The second-order valence-corrected chi connectivity index (χ2v) is 7.01. The van der Waals surface area contributed by atoms with Crippen LogP contribution >= 0.6 is 35.3 Å². The lowest BCUT2D eigenvalue weighted by Crippen LogP contribution is -1.92. The Bertz CT molecular complexity index is 648. The predicted octanol–water partition coefficient (Wildman–Crippen LogP) is 6.43. The van der Waals surface area contributed by atoms with Crippen LogP contribution < -0.4 is 0 Å². The average molecular weight is 386 g/mol. The molecule has 9 heteroatoms. The highest BCUT2D eigenvalue weighted by Gasteiger charge is 2.16. The van der Waals surface area contributed by atoms with Crippen molar-refractivity contribution >= 4 is 35.3 Å². The van der Waals surface area contributed by atoms with Gasteiger partial charge in [0.2, 0.25) is 0 Å². The highest BCUT2D eigenvalue weighted by Crippen LogP contribution is 2.37. The van der Waals surface area contributed by atoms with Crippen molar-refractivity contribution in [3.05, 3.63) is 47.5 Å². The first-order valence-electron chi connectivity index (χ1n) is 5.99. The smallest absolute Gasteiger partial charge is 0.139 e. The van der Waals surface area contributed by atoms with Gasteiger partial charge in [-0.15, -0.1) is 0 Å². The van der Waals surface area contributed by atoms with Gasteiger partial charge in [0.15, 0.2) is 0 Å². The van der Waals surface area contributed by atoms with Gasteiger partial charge in [-0.2, -0.15) is 0 Å². The number of hydrogen-bond acceptors (Lipinski definition) is 3. The van der Waals surface area contributed by atoms with Gasteiger partial charge in [0, 0.05) is 9.79 Å². The zero-order valence-corrected chi connectivity index (χ0v) is 13.7. The molecule has 0 aromatic heterocycles. The van der Waals surface area contributed by atoms with E-state index in [1.807, 2.05) is 0 Å². The van der Waals surface area contributed by atoms with Crippen LogP contribution in [0.1, 0.15) is 0 Å². The Morgan fingerprint density at radius 2 is 0.870 bits per heavy atom. The first-order valence-corrected chi connectivity index (χ1v) is 8.78. The molecule has 23 heavy (non-hydrogen) atoms. The van der Waals surface area contributed by atoms with Gasteiger partial charge >= 0.3 is 0 Å². The molecule has 0 atom stereocenters. The van der Waals surface area contributed by atoms with Crippen molar-refractivity contribution in [2.45, 2.75) is 19.6 Å². The normalized spacial score (nSPS) is 11.0. The van der Waals surface area contributed by atoms with E-state index in [9.17, 15) is 26.3 Å². The molecule has 0 saturated carbocycles. The Labute approximate surface area is 141 Å². The van der Waals surface area contributed by atoms with E-state index in [4.69, 9.17) is 0 Å². The number of rotatable bonds is 6. The Morgan fingerprint density at radius 1 is 0.565 bits per heavy atom. The van der Waals surface area contributed by atoms with Crippen LogP contribution in [0.5, 0.6) is 0 Å². The van der Waals surface area contributed by atoms with Crippen molar-refractivity contribution in [2.75, 3.05) is 12.0 Å². The number of benzene rings is 2. The number of halogens is 6. The number of thioether (sulfide) groups is 2. The summed E-state index contributed by atoms with van der Waals surface area (Å²) in [5, 5.41) is 0. The van der Waals surface area contributed by atoms with E-state index in [0.717, 1.165) is 24.3 Å². The minimum Gasteiger partial charge on any atom is -0.239 e. The summed E-state index contributed by atoms with van der Waals surface area (Å²) >= 11 is 1.45. The monoisotopic (exact) mass is 386 g/mol. The van der Waals surface area contributed by atoms with E-state index >= 15 is 0 Å². The maximum absolute atomic E-state index is 13.9. The van der Waals surface area contributed by atoms with Gasteiger partial charge in [-0.3, -0.25) is 0 Å². The summed E-state index contributed by atoms with van der Waals surface area (Å²) in [6.07, 6.45) is 0. The Balaban J connectivity index is 2.32. The summed E-state index contributed by atoms with van der Waals surface area (Å²) in [7, 11) is 0. The molecule has 0 saturated heterocycles. The van der Waals surface area contributed by atoms with Crippen LogP contribution in [0.25, 0.3) is 0 Å². The molecular formula is C14H8F6S3. The summed E-state index contributed by atoms with van der Waals surface area (Å²) in [6, 6.07) is 1.33. The van der Waals surface area contributed by atoms with E-state index < -0.39 is 35.3 Å². The van der Waals surface area contributed by atoms with Gasteiger partial charge < -0.3 is 0 Å². The van der Waals surface area contributed by atoms with Crippen molar-refractivity contribution in [1.29, 1.82) is 0 Å². The lowest BCUT2D eigenvalue weighted by molar-refractivity contribution is 0.550. The molecule has 0 amide bonds. The van der Waals surface area contributed by atoms with Crippen molar-refractivity contribution in [2.24, 2.45) is 0 Å². The molecule has 2 aromatic rings. The van der Waals surface area contributed by atoms with Crippen LogP contribution in [0.15, 0.2) is 43.8 Å². The van der Waals surface area contributed by atoms with Crippen LogP contribution in [-0.2, 0) is 0 Å². The van der Waals surface area contributed by atoms with Gasteiger partial charge in [-0.05, 0) is 24.3 Å². The van der Waals surface area contributed by atoms with Gasteiger partial charge in [0.1, 0.15) is 35.3 Å². The van der Waals surface area contributed by atoms with E-state index in [2.05, 4.69) is 0 Å². The van der Waals surface area contributed by atoms with Crippen LogP contribution in [0.3, 0.4) is 0 Å². The van der Waals surface area contributed by atoms with E-state index in [-0.39, 0.29) is 19.6 Å². The van der Waals surface area contributed by atoms with Crippen LogP contribution in [-0.4, -0.2) is 12.0 Å². The lowest BCUT2D eigenvalue weighted by Gasteiger charge is -2.09. The third-order valence-corrected chi connectivity index (χ3v) is 5.14. The summed E-state index contributed by atoms with van der Waals surface area (Å²) < 4.78 is 79.5. The highest BCUT2D eigenvalue weighted by molar-refractivity contribution is 8.00. The van der Waals surface area contributed by atoms with Gasteiger partial charge in [0.25, 0.3) is 0 Å². The predicted molar refractivity (Wildman–Crippen MR) is 80.5 cm³/mol. The van der Waals surface area contributed by atoms with Crippen molar-refractivity contribution in [3.63, 3.8) is 0 Å². The molecule has 0 aliphatic carbocycles. The molecule has 0 nitrogen and oxygen atoms in total. The maximum Gasteiger partial charge on any atom is 0.139 e. The number of alkyl halides is 2. The van der Waals surface area contributed by atoms with Crippen molar-refractivity contribution in [3.8, 4) is 0 Å². The first kappa shape index (κ1) is 18.4. The van der Waals surface area contributed by atoms with Crippen LogP contribution in [0, 0.1) is 23.3 Å². The molecule has 0 heterocycles. The SMILES string of the molecule is FCSc1cc(F)c(Sc2cc(F)c(SCF)cc2F)cc1F. The molecule has 0 unspecified atom stereocenters. The second kappa shape index (κ2) is 8.25. The van der Waals surface area contributed by atoms with E-state index in [1.54, 1.807) is 0 Å². The Hall–Kier alpha value is -0.930. The van der Waals surface area contributed by atoms with Crippen molar-refractivity contribution in [1.82, 2.24) is 0 Å².